The zero-order chi connectivity index (χ0) is 15.3. The first-order valence-electron chi connectivity index (χ1n) is 7.62. The molecule has 0 radical (unpaired) electrons. The van der Waals surface area contributed by atoms with E-state index in [9.17, 15) is 0 Å². The van der Waals surface area contributed by atoms with Crippen LogP contribution >= 0.6 is 0 Å². The molecule has 0 spiro atoms. The molecule has 0 atom stereocenters. The van der Waals surface area contributed by atoms with Gasteiger partial charge in [-0.1, -0.05) is 25.8 Å². The molecule has 0 saturated heterocycles. The number of ether oxygens (including phenoxy) is 3. The molecule has 1 saturated carbocycles. The molecule has 0 bridgehead atoms. The van der Waals surface area contributed by atoms with E-state index in [2.05, 4.69) is 12.2 Å². The first kappa shape index (κ1) is 16.0. The SMILES string of the molecule is COc1ccc(CNCC2(C)CCCC2)c(OC)c1OC. The topological polar surface area (TPSA) is 39.7 Å². The van der Waals surface area contributed by atoms with Crippen LogP contribution in [0.5, 0.6) is 17.2 Å². The predicted octanol–water partition coefficient (Wildman–Crippen LogP) is 3.38. The average molecular weight is 293 g/mol. The smallest absolute Gasteiger partial charge is 0.203 e. The Labute approximate surface area is 127 Å². The van der Waals surface area contributed by atoms with E-state index in [1.807, 2.05) is 12.1 Å². The molecule has 0 aromatic heterocycles. The summed E-state index contributed by atoms with van der Waals surface area (Å²) < 4.78 is 16.2. The Kier molecular flexibility index (Phi) is 5.34. The molecule has 4 nitrogen and oxygen atoms in total. The highest BCUT2D eigenvalue weighted by Crippen LogP contribution is 2.40. The minimum absolute atomic E-state index is 0.448. The van der Waals surface area contributed by atoms with Gasteiger partial charge in [0.05, 0.1) is 21.3 Å². The Balaban J connectivity index is 2.05. The van der Waals surface area contributed by atoms with E-state index in [1.165, 1.54) is 25.7 Å². The van der Waals surface area contributed by atoms with Crippen LogP contribution in [0.1, 0.15) is 38.2 Å². The molecule has 1 aromatic rings. The summed E-state index contributed by atoms with van der Waals surface area (Å²) in [4.78, 5) is 0. The third kappa shape index (κ3) is 3.62. The van der Waals surface area contributed by atoms with E-state index in [4.69, 9.17) is 14.2 Å². The van der Waals surface area contributed by atoms with Crippen LogP contribution in [0.4, 0.5) is 0 Å². The molecule has 21 heavy (non-hydrogen) atoms. The lowest BCUT2D eigenvalue weighted by molar-refractivity contribution is 0.308. The van der Waals surface area contributed by atoms with E-state index >= 15 is 0 Å². The molecule has 4 heteroatoms. The highest BCUT2D eigenvalue weighted by Gasteiger charge is 2.28. The van der Waals surface area contributed by atoms with Crippen LogP contribution < -0.4 is 19.5 Å². The van der Waals surface area contributed by atoms with Gasteiger partial charge in [0.25, 0.3) is 0 Å². The fourth-order valence-electron chi connectivity index (χ4n) is 3.21. The van der Waals surface area contributed by atoms with Crippen LogP contribution in [0.3, 0.4) is 0 Å². The lowest BCUT2D eigenvalue weighted by Crippen LogP contribution is -2.29. The normalized spacial score (nSPS) is 16.8. The lowest BCUT2D eigenvalue weighted by Gasteiger charge is -2.24. The third-order valence-electron chi connectivity index (χ3n) is 4.46. The predicted molar refractivity (Wildman–Crippen MR) is 84.4 cm³/mol. The molecule has 118 valence electrons. The fourth-order valence-corrected chi connectivity index (χ4v) is 3.21. The van der Waals surface area contributed by atoms with Gasteiger partial charge in [0.15, 0.2) is 11.5 Å². The number of nitrogens with one attached hydrogen (secondary N) is 1. The minimum Gasteiger partial charge on any atom is -0.493 e. The van der Waals surface area contributed by atoms with Crippen LogP contribution in [-0.2, 0) is 6.54 Å². The van der Waals surface area contributed by atoms with E-state index in [0.717, 1.165) is 24.4 Å². The van der Waals surface area contributed by atoms with Gasteiger partial charge in [-0.15, -0.1) is 0 Å². The first-order valence-corrected chi connectivity index (χ1v) is 7.62. The molecule has 1 aliphatic rings. The summed E-state index contributed by atoms with van der Waals surface area (Å²) >= 11 is 0. The summed E-state index contributed by atoms with van der Waals surface area (Å²) in [6.07, 6.45) is 5.36. The standard InChI is InChI=1S/C17H27NO3/c1-17(9-5-6-10-17)12-18-11-13-7-8-14(19-2)16(21-4)15(13)20-3/h7-8,18H,5-6,9-12H2,1-4H3. The maximum absolute atomic E-state index is 5.51. The Hall–Kier alpha value is -1.42. The Morgan fingerprint density at radius 3 is 2.24 bits per heavy atom. The van der Waals surface area contributed by atoms with Gasteiger partial charge in [-0.3, -0.25) is 0 Å². The van der Waals surface area contributed by atoms with Crippen LogP contribution in [0.2, 0.25) is 0 Å². The van der Waals surface area contributed by atoms with Crippen molar-refractivity contribution in [3.05, 3.63) is 17.7 Å². The maximum atomic E-state index is 5.51. The molecule has 1 aromatic carbocycles. The van der Waals surface area contributed by atoms with E-state index in [0.29, 0.717) is 16.9 Å². The van der Waals surface area contributed by atoms with Gasteiger partial charge in [0.1, 0.15) is 0 Å². The second kappa shape index (κ2) is 7.03. The molecule has 1 fully saturated rings. The van der Waals surface area contributed by atoms with Gasteiger partial charge in [-0.25, -0.2) is 0 Å². The van der Waals surface area contributed by atoms with E-state index in [-0.39, 0.29) is 0 Å². The van der Waals surface area contributed by atoms with Crippen molar-refractivity contribution in [3.63, 3.8) is 0 Å². The highest BCUT2D eigenvalue weighted by molar-refractivity contribution is 5.55. The maximum Gasteiger partial charge on any atom is 0.203 e. The number of methoxy groups -OCH3 is 3. The summed E-state index contributed by atoms with van der Waals surface area (Å²) in [5.74, 6) is 2.10. The summed E-state index contributed by atoms with van der Waals surface area (Å²) in [5.41, 5.74) is 1.54. The molecule has 1 aliphatic carbocycles. The molecule has 2 rings (SSSR count). The van der Waals surface area contributed by atoms with Crippen molar-refractivity contribution in [2.45, 2.75) is 39.2 Å². The van der Waals surface area contributed by atoms with Crippen molar-refractivity contribution in [1.29, 1.82) is 0 Å². The van der Waals surface area contributed by atoms with Crippen LogP contribution in [0.15, 0.2) is 12.1 Å². The molecule has 0 amide bonds. The minimum atomic E-state index is 0.448. The van der Waals surface area contributed by atoms with Crippen LogP contribution in [-0.4, -0.2) is 27.9 Å². The monoisotopic (exact) mass is 293 g/mol. The Morgan fingerprint density at radius 2 is 1.67 bits per heavy atom. The Morgan fingerprint density at radius 1 is 1.00 bits per heavy atom. The average Bonchev–Trinajstić information content (AvgIpc) is 2.93. The Bertz CT molecular complexity index is 467. The van der Waals surface area contributed by atoms with Crippen molar-refractivity contribution in [1.82, 2.24) is 5.32 Å². The van der Waals surface area contributed by atoms with E-state index < -0.39 is 0 Å². The number of hydrogen-bond acceptors (Lipinski definition) is 4. The van der Waals surface area contributed by atoms with Gasteiger partial charge in [0, 0.05) is 18.7 Å². The van der Waals surface area contributed by atoms with Crippen molar-refractivity contribution in [2.75, 3.05) is 27.9 Å². The molecule has 0 unspecified atom stereocenters. The summed E-state index contributed by atoms with van der Waals surface area (Å²) in [7, 11) is 4.94. The van der Waals surface area contributed by atoms with Gasteiger partial charge in [-0.2, -0.15) is 0 Å². The van der Waals surface area contributed by atoms with Crippen molar-refractivity contribution in [3.8, 4) is 17.2 Å². The second-order valence-corrected chi connectivity index (χ2v) is 6.11. The molecule has 0 aliphatic heterocycles. The van der Waals surface area contributed by atoms with Crippen molar-refractivity contribution < 1.29 is 14.2 Å². The second-order valence-electron chi connectivity index (χ2n) is 6.11. The van der Waals surface area contributed by atoms with Gasteiger partial charge in [-0.05, 0) is 24.3 Å². The number of rotatable bonds is 7. The lowest BCUT2D eigenvalue weighted by atomic mass is 9.89. The summed E-state index contributed by atoms with van der Waals surface area (Å²) in [5, 5.41) is 3.57. The van der Waals surface area contributed by atoms with Crippen molar-refractivity contribution >= 4 is 0 Å². The van der Waals surface area contributed by atoms with Crippen LogP contribution in [0, 0.1) is 5.41 Å². The largest absolute Gasteiger partial charge is 0.493 e. The highest BCUT2D eigenvalue weighted by atomic mass is 16.5. The first-order chi connectivity index (χ1) is 10.1. The fraction of sp³-hybridized carbons (Fsp3) is 0.647. The zero-order valence-electron chi connectivity index (χ0n) is 13.6. The summed E-state index contributed by atoms with van der Waals surface area (Å²) in [6.45, 7) is 4.20. The quantitative estimate of drug-likeness (QED) is 0.836. The third-order valence-corrected chi connectivity index (χ3v) is 4.46. The number of benzene rings is 1. The summed E-state index contributed by atoms with van der Waals surface area (Å²) in [6, 6.07) is 3.96. The molecule has 1 N–H and O–H groups in total. The molecular formula is C17H27NO3. The van der Waals surface area contributed by atoms with Crippen molar-refractivity contribution in [2.24, 2.45) is 5.41 Å². The number of hydrogen-bond donors (Lipinski definition) is 1. The van der Waals surface area contributed by atoms with Gasteiger partial charge in [0.2, 0.25) is 5.75 Å². The zero-order valence-corrected chi connectivity index (χ0v) is 13.6. The van der Waals surface area contributed by atoms with Gasteiger partial charge < -0.3 is 19.5 Å². The molecule has 0 heterocycles. The van der Waals surface area contributed by atoms with Gasteiger partial charge >= 0.3 is 0 Å². The van der Waals surface area contributed by atoms with E-state index in [1.54, 1.807) is 21.3 Å². The van der Waals surface area contributed by atoms with Crippen LogP contribution in [0.25, 0.3) is 0 Å². The molecular weight excluding hydrogens is 266 g/mol.